The van der Waals surface area contributed by atoms with Gasteiger partial charge < -0.3 is 59.5 Å². The van der Waals surface area contributed by atoms with Gasteiger partial charge in [-0.25, -0.2) is 0 Å². The maximum atomic E-state index is 14.4. The number of ether oxygens (including phenoxy) is 5. The highest BCUT2D eigenvalue weighted by Gasteiger charge is 2.53. The van der Waals surface area contributed by atoms with Crippen LogP contribution in [0.3, 0.4) is 0 Å². The fraction of sp³-hybridized carbons (Fsp3) is 0.750. The first kappa shape index (κ1) is 43.9. The van der Waals surface area contributed by atoms with Gasteiger partial charge in [-0.05, 0) is 84.7 Å². The second-order valence-electron chi connectivity index (χ2n) is 16.8. The van der Waals surface area contributed by atoms with Crippen LogP contribution in [-0.4, -0.2) is 125 Å². The Morgan fingerprint density at radius 1 is 1.11 bits per heavy atom. The van der Waals surface area contributed by atoms with Crippen molar-refractivity contribution in [2.75, 3.05) is 33.0 Å². The number of oxime groups is 1. The molecule has 2 bridgehead atoms. The van der Waals surface area contributed by atoms with Gasteiger partial charge in [0.15, 0.2) is 17.7 Å². The Morgan fingerprint density at radius 2 is 1.82 bits per heavy atom. The number of carbonyl (C=O) groups is 2. The number of aliphatic hydroxyl groups excluding tert-OH is 1. The Kier molecular flexibility index (Phi) is 13.9. The largest absolute Gasteiger partial charge is 0.459 e. The highest BCUT2D eigenvalue weighted by Crippen LogP contribution is 2.40. The number of cyclic esters (lactones) is 1. The minimum atomic E-state index is -1.74. The molecule has 0 unspecified atom stereocenters. The number of aromatic nitrogens is 1. The molecule has 0 amide bonds. The number of hydrogen-bond acceptors (Lipinski definition) is 16. The number of hydrogen-bond donors (Lipinski definition) is 4. The molecule has 16 nitrogen and oxygen atoms in total. The first-order chi connectivity index (χ1) is 26.3. The number of Topliss-reactive ketones (excluding diaryl/α,β-unsaturated/α-hetero) is 1. The molecule has 2 aromatic rings. The maximum Gasteiger partial charge on any atom is 0.316 e. The summed E-state index contributed by atoms with van der Waals surface area (Å²) in [7, 11) is 3.76. The van der Waals surface area contributed by atoms with Crippen LogP contribution in [-0.2, 0) is 44.7 Å². The highest BCUT2D eigenvalue weighted by molar-refractivity contribution is 6.00. The van der Waals surface area contributed by atoms with E-state index in [4.69, 9.17) is 44.4 Å². The molecule has 0 radical (unpaired) electrons. The number of anilines is 1. The van der Waals surface area contributed by atoms with E-state index in [9.17, 15) is 19.8 Å². The van der Waals surface area contributed by atoms with Crippen LogP contribution in [0, 0.1) is 23.7 Å². The minimum absolute atomic E-state index is 0.0570. The molecule has 0 spiro atoms. The van der Waals surface area contributed by atoms with E-state index in [0.717, 1.165) is 5.56 Å². The van der Waals surface area contributed by atoms with Crippen LogP contribution in [0.2, 0.25) is 0 Å². The summed E-state index contributed by atoms with van der Waals surface area (Å²) in [5.41, 5.74) is 11.9. The molecule has 6 N–H and O–H groups in total. The van der Waals surface area contributed by atoms with E-state index in [-0.39, 0.29) is 56.7 Å². The smallest absolute Gasteiger partial charge is 0.316 e. The number of carbonyl (C=O) groups excluding carboxylic acids is 2. The topological polar surface area (TPSA) is 224 Å². The zero-order valence-corrected chi connectivity index (χ0v) is 34.5. The lowest BCUT2D eigenvalue weighted by atomic mass is 9.73. The zero-order valence-electron chi connectivity index (χ0n) is 34.5. The molecule has 3 aliphatic heterocycles. The van der Waals surface area contributed by atoms with E-state index in [1.54, 1.807) is 32.9 Å². The molecule has 14 atom stereocenters. The molecular weight excluding hydrogens is 726 g/mol. The SMILES string of the molecule is CC[C@H]1OC(=O)[C@H](C)C(=O)[C@H](C)[C@@H](O[C@@H]2O[C@H](C)C[C@H](N(C)C)[C@H]2O)[C@@]2(C)C[C@@H](C)[C@H](N)[C@H](C)[C@H](OC/C(=N\OCc3ccc4oc(N)nc4c3)CO2)[C@]1(C)O. The maximum absolute atomic E-state index is 14.4. The van der Waals surface area contributed by atoms with Gasteiger partial charge in [0.05, 0.1) is 37.1 Å². The minimum Gasteiger partial charge on any atom is -0.459 e. The van der Waals surface area contributed by atoms with Crippen molar-refractivity contribution in [3.63, 3.8) is 0 Å². The number of esters is 1. The van der Waals surface area contributed by atoms with Crippen LogP contribution in [0.5, 0.6) is 0 Å². The molecule has 5 rings (SSSR count). The van der Waals surface area contributed by atoms with Gasteiger partial charge in [0.2, 0.25) is 0 Å². The fourth-order valence-electron chi connectivity index (χ4n) is 8.70. The number of oxazole rings is 1. The van der Waals surface area contributed by atoms with Crippen molar-refractivity contribution < 1.29 is 52.7 Å². The first-order valence-corrected chi connectivity index (χ1v) is 19.7. The summed E-state index contributed by atoms with van der Waals surface area (Å²) in [4.78, 5) is 40.1. The Balaban J connectivity index is 1.60. The number of rotatable bonds is 7. The molecule has 3 fully saturated rings. The Hall–Kier alpha value is -3.22. The van der Waals surface area contributed by atoms with Crippen molar-refractivity contribution in [2.24, 2.45) is 34.6 Å². The molecule has 3 aliphatic rings. The number of aliphatic hydroxyl groups is 2. The summed E-state index contributed by atoms with van der Waals surface area (Å²) in [5, 5.41) is 28.3. The van der Waals surface area contributed by atoms with E-state index < -0.39 is 77.5 Å². The standard InChI is InChI=1S/C40H63N5O11/c1-11-30-40(8,49)35-22(4)31(41)20(2)16-39(7,51-19-26(18-50-35)44-52-17-25-12-13-29-27(15-25)43-38(42)54-29)34(23(5)32(46)24(6)36(48)55-30)56-37-33(47)28(45(9)10)14-21(3)53-37/h12-13,15,20-24,28,30-31,33-35,37,47,49H,11,14,16-19,41H2,1-10H3,(H2,42,43)/b44-26+/t20-,21-,22+,23+,24-,28+,30-,31+,33-,34-,35+,37+,39-,40-/m1/s1. The number of fused-ring (bicyclic) bond motifs is 6. The molecule has 314 valence electrons. The number of ketones is 1. The number of nitrogen functional groups attached to an aromatic ring is 1. The molecule has 0 saturated carbocycles. The van der Waals surface area contributed by atoms with E-state index in [1.165, 1.54) is 6.92 Å². The van der Waals surface area contributed by atoms with Crippen LogP contribution in [0.4, 0.5) is 6.01 Å². The molecular formula is C40H63N5O11. The van der Waals surface area contributed by atoms with Crippen molar-refractivity contribution in [3.8, 4) is 0 Å². The second-order valence-corrected chi connectivity index (χ2v) is 16.8. The summed E-state index contributed by atoms with van der Waals surface area (Å²) in [6.07, 6.45) is -4.46. The highest BCUT2D eigenvalue weighted by atomic mass is 16.7. The van der Waals surface area contributed by atoms with Crippen molar-refractivity contribution in [3.05, 3.63) is 23.8 Å². The van der Waals surface area contributed by atoms with Crippen molar-refractivity contribution in [1.82, 2.24) is 9.88 Å². The second kappa shape index (κ2) is 17.7. The third-order valence-corrected chi connectivity index (χ3v) is 12.1. The molecule has 1 aromatic carbocycles. The summed E-state index contributed by atoms with van der Waals surface area (Å²) < 4.78 is 37.7. The number of likely N-dealkylation sites (N-methyl/N-ethyl adjacent to an activating group) is 1. The molecule has 56 heavy (non-hydrogen) atoms. The fourth-order valence-corrected chi connectivity index (χ4v) is 8.70. The van der Waals surface area contributed by atoms with Gasteiger partial charge in [-0.15, -0.1) is 0 Å². The molecule has 1 aromatic heterocycles. The van der Waals surface area contributed by atoms with E-state index in [0.29, 0.717) is 23.2 Å². The lowest BCUT2D eigenvalue weighted by Gasteiger charge is -2.48. The summed E-state index contributed by atoms with van der Waals surface area (Å²) in [5.74, 6) is -4.21. The average Bonchev–Trinajstić information content (AvgIpc) is 3.52. The van der Waals surface area contributed by atoms with Gasteiger partial charge in [-0.1, -0.05) is 38.9 Å². The third-order valence-electron chi connectivity index (χ3n) is 12.1. The zero-order chi connectivity index (χ0) is 41.3. The van der Waals surface area contributed by atoms with E-state index in [2.05, 4.69) is 10.1 Å². The predicted octanol–water partition coefficient (Wildman–Crippen LogP) is 3.19. The van der Waals surface area contributed by atoms with Gasteiger partial charge in [-0.3, -0.25) is 9.59 Å². The predicted molar refractivity (Wildman–Crippen MR) is 207 cm³/mol. The van der Waals surface area contributed by atoms with Crippen molar-refractivity contribution in [1.29, 1.82) is 0 Å². The van der Waals surface area contributed by atoms with Crippen LogP contribution in [0.25, 0.3) is 11.1 Å². The Labute approximate surface area is 329 Å². The summed E-state index contributed by atoms with van der Waals surface area (Å²) in [6, 6.07) is 4.54. The van der Waals surface area contributed by atoms with Gasteiger partial charge in [-0.2, -0.15) is 4.98 Å². The third kappa shape index (κ3) is 9.39. The van der Waals surface area contributed by atoms with Crippen molar-refractivity contribution in [2.45, 2.75) is 141 Å². The lowest BCUT2D eigenvalue weighted by molar-refractivity contribution is -0.296. The molecule has 0 aliphatic carbocycles. The van der Waals surface area contributed by atoms with Gasteiger partial charge in [0, 0.05) is 23.9 Å². The number of nitrogens with zero attached hydrogens (tertiary/aromatic N) is 3. The summed E-state index contributed by atoms with van der Waals surface area (Å²) >= 11 is 0. The van der Waals surface area contributed by atoms with Gasteiger partial charge in [0.25, 0.3) is 6.01 Å². The lowest BCUT2D eigenvalue weighted by Crippen LogP contribution is -2.61. The quantitative estimate of drug-likeness (QED) is 0.180. The molecule has 16 heteroatoms. The monoisotopic (exact) mass is 789 g/mol. The van der Waals surface area contributed by atoms with Crippen LogP contribution >= 0.6 is 0 Å². The van der Waals surface area contributed by atoms with Gasteiger partial charge in [0.1, 0.15) is 41.6 Å². The average molecular weight is 790 g/mol. The Morgan fingerprint density at radius 3 is 2.50 bits per heavy atom. The normalized spacial score (nSPS) is 40.2. The van der Waals surface area contributed by atoms with Crippen LogP contribution < -0.4 is 11.5 Å². The van der Waals surface area contributed by atoms with Crippen LogP contribution in [0.1, 0.15) is 80.2 Å². The van der Waals surface area contributed by atoms with Crippen LogP contribution in [0.15, 0.2) is 27.8 Å². The number of nitrogens with two attached hydrogens (primary N) is 2. The molecule has 4 heterocycles. The summed E-state index contributed by atoms with van der Waals surface area (Å²) in [6.45, 7) is 13.9. The van der Waals surface area contributed by atoms with E-state index in [1.807, 2.05) is 52.8 Å². The van der Waals surface area contributed by atoms with Crippen molar-refractivity contribution >= 4 is 34.6 Å². The first-order valence-electron chi connectivity index (χ1n) is 19.7. The van der Waals surface area contributed by atoms with Gasteiger partial charge >= 0.3 is 5.97 Å². The molecule has 3 saturated heterocycles. The Bertz CT molecular complexity index is 1700. The number of benzene rings is 1. The van der Waals surface area contributed by atoms with E-state index >= 15 is 0 Å².